The Hall–Kier alpha value is -0.0800. The maximum absolute atomic E-state index is 5.98. The second-order valence-electron chi connectivity index (χ2n) is 5.88. The van der Waals surface area contributed by atoms with Gasteiger partial charge in [0.2, 0.25) is 0 Å². The first-order chi connectivity index (χ1) is 7.54. The fourth-order valence-electron chi connectivity index (χ4n) is 3.18. The zero-order valence-electron chi connectivity index (χ0n) is 11.6. The van der Waals surface area contributed by atoms with Crippen LogP contribution in [0.5, 0.6) is 0 Å². The van der Waals surface area contributed by atoms with Crippen LogP contribution in [0.3, 0.4) is 0 Å². The van der Waals surface area contributed by atoms with Gasteiger partial charge in [-0.2, -0.15) is 0 Å². The molecule has 1 aliphatic carbocycles. The van der Waals surface area contributed by atoms with Crippen LogP contribution in [-0.2, 0) is 0 Å². The molecule has 1 aliphatic rings. The molecule has 2 nitrogen and oxygen atoms in total. The Kier molecular flexibility index (Phi) is 5.77. The van der Waals surface area contributed by atoms with Crippen molar-refractivity contribution in [1.29, 1.82) is 0 Å². The first-order valence-electron chi connectivity index (χ1n) is 7.05. The van der Waals surface area contributed by atoms with E-state index < -0.39 is 0 Å². The fraction of sp³-hybridized carbons (Fsp3) is 1.00. The third kappa shape index (κ3) is 4.06. The van der Waals surface area contributed by atoms with Crippen LogP contribution in [0.15, 0.2) is 0 Å². The van der Waals surface area contributed by atoms with Gasteiger partial charge in [0.05, 0.1) is 0 Å². The lowest BCUT2D eigenvalue weighted by atomic mass is 9.89. The Labute approximate surface area is 102 Å². The van der Waals surface area contributed by atoms with Crippen LogP contribution in [0.25, 0.3) is 0 Å². The predicted molar refractivity (Wildman–Crippen MR) is 71.5 cm³/mol. The zero-order valence-corrected chi connectivity index (χ0v) is 11.6. The molecule has 1 saturated carbocycles. The van der Waals surface area contributed by atoms with E-state index in [1.807, 2.05) is 0 Å². The molecular weight excluding hydrogens is 196 g/mol. The molecule has 2 N–H and O–H groups in total. The SMILES string of the molecule is CCN(C(C)CC(C)C)C1CCC(N)CC1. The van der Waals surface area contributed by atoms with E-state index in [9.17, 15) is 0 Å². The van der Waals surface area contributed by atoms with Crippen LogP contribution < -0.4 is 5.73 Å². The van der Waals surface area contributed by atoms with Gasteiger partial charge < -0.3 is 5.73 Å². The van der Waals surface area contributed by atoms with E-state index in [1.54, 1.807) is 0 Å². The third-order valence-corrected chi connectivity index (χ3v) is 3.95. The topological polar surface area (TPSA) is 29.3 Å². The lowest BCUT2D eigenvalue weighted by Crippen LogP contribution is -2.45. The van der Waals surface area contributed by atoms with Gasteiger partial charge >= 0.3 is 0 Å². The Morgan fingerprint density at radius 1 is 1.12 bits per heavy atom. The average Bonchev–Trinajstić information content (AvgIpc) is 2.21. The minimum Gasteiger partial charge on any atom is -0.328 e. The highest BCUT2D eigenvalue weighted by Crippen LogP contribution is 2.25. The summed E-state index contributed by atoms with van der Waals surface area (Å²) >= 11 is 0. The molecule has 0 spiro atoms. The molecule has 1 atom stereocenters. The smallest absolute Gasteiger partial charge is 0.00991 e. The molecule has 96 valence electrons. The normalized spacial score (nSPS) is 28.7. The molecule has 0 radical (unpaired) electrons. The summed E-state index contributed by atoms with van der Waals surface area (Å²) in [4.78, 5) is 2.70. The summed E-state index contributed by atoms with van der Waals surface area (Å²) in [7, 11) is 0. The molecule has 0 bridgehead atoms. The molecule has 2 heteroatoms. The van der Waals surface area contributed by atoms with E-state index in [2.05, 4.69) is 32.6 Å². The van der Waals surface area contributed by atoms with Crippen LogP contribution in [0.1, 0.15) is 59.8 Å². The highest BCUT2D eigenvalue weighted by Gasteiger charge is 2.26. The molecule has 0 saturated heterocycles. The van der Waals surface area contributed by atoms with E-state index in [4.69, 9.17) is 5.73 Å². The van der Waals surface area contributed by atoms with Crippen LogP contribution in [0.2, 0.25) is 0 Å². The van der Waals surface area contributed by atoms with Gasteiger partial charge in [0.15, 0.2) is 0 Å². The summed E-state index contributed by atoms with van der Waals surface area (Å²) < 4.78 is 0. The molecule has 1 fully saturated rings. The van der Waals surface area contributed by atoms with Crippen LogP contribution in [0.4, 0.5) is 0 Å². The highest BCUT2D eigenvalue weighted by molar-refractivity contribution is 4.83. The Morgan fingerprint density at radius 3 is 2.12 bits per heavy atom. The first kappa shape index (κ1) is 14.0. The summed E-state index contributed by atoms with van der Waals surface area (Å²) in [6.45, 7) is 10.5. The molecule has 0 heterocycles. The second-order valence-corrected chi connectivity index (χ2v) is 5.88. The van der Waals surface area contributed by atoms with E-state index in [0.29, 0.717) is 6.04 Å². The van der Waals surface area contributed by atoms with E-state index in [-0.39, 0.29) is 0 Å². The Morgan fingerprint density at radius 2 is 1.69 bits per heavy atom. The minimum absolute atomic E-state index is 0.468. The number of hydrogen-bond acceptors (Lipinski definition) is 2. The molecule has 0 amide bonds. The largest absolute Gasteiger partial charge is 0.328 e. The highest BCUT2D eigenvalue weighted by atomic mass is 15.2. The minimum atomic E-state index is 0.468. The Balaban J connectivity index is 2.46. The number of rotatable bonds is 5. The van der Waals surface area contributed by atoms with Crippen molar-refractivity contribution in [3.8, 4) is 0 Å². The van der Waals surface area contributed by atoms with Gasteiger partial charge in [-0.1, -0.05) is 20.8 Å². The number of nitrogens with two attached hydrogens (primary N) is 1. The van der Waals surface area contributed by atoms with Crippen molar-refractivity contribution in [1.82, 2.24) is 4.90 Å². The van der Waals surface area contributed by atoms with Crippen LogP contribution in [-0.4, -0.2) is 29.6 Å². The summed E-state index contributed by atoms with van der Waals surface area (Å²) in [6, 6.07) is 1.98. The number of nitrogens with zero attached hydrogens (tertiary/aromatic N) is 1. The van der Waals surface area contributed by atoms with Gasteiger partial charge in [-0.3, -0.25) is 4.90 Å². The monoisotopic (exact) mass is 226 g/mol. The standard InChI is InChI=1S/C14H30N2/c1-5-16(12(4)10-11(2)3)14-8-6-13(15)7-9-14/h11-14H,5-10,15H2,1-4H3. The van der Waals surface area contributed by atoms with Crippen molar-refractivity contribution < 1.29 is 0 Å². The summed E-state index contributed by atoms with van der Waals surface area (Å²) in [5.74, 6) is 0.801. The molecule has 0 aliphatic heterocycles. The molecular formula is C14H30N2. The number of hydrogen-bond donors (Lipinski definition) is 1. The summed E-state index contributed by atoms with van der Waals surface area (Å²) in [5.41, 5.74) is 5.98. The second kappa shape index (κ2) is 6.61. The van der Waals surface area contributed by atoms with E-state index in [0.717, 1.165) is 18.0 Å². The first-order valence-corrected chi connectivity index (χ1v) is 7.05. The van der Waals surface area contributed by atoms with Gasteiger partial charge in [-0.15, -0.1) is 0 Å². The van der Waals surface area contributed by atoms with Crippen molar-refractivity contribution in [2.45, 2.75) is 77.9 Å². The van der Waals surface area contributed by atoms with Crippen molar-refractivity contribution in [3.63, 3.8) is 0 Å². The van der Waals surface area contributed by atoms with Gasteiger partial charge in [0.1, 0.15) is 0 Å². The lowest BCUT2D eigenvalue weighted by molar-refractivity contribution is 0.102. The van der Waals surface area contributed by atoms with Gasteiger partial charge in [0.25, 0.3) is 0 Å². The van der Waals surface area contributed by atoms with Crippen molar-refractivity contribution in [2.24, 2.45) is 11.7 Å². The van der Waals surface area contributed by atoms with Gasteiger partial charge in [-0.05, 0) is 51.5 Å². The Bertz CT molecular complexity index is 183. The zero-order chi connectivity index (χ0) is 12.1. The van der Waals surface area contributed by atoms with Crippen LogP contribution in [0, 0.1) is 5.92 Å². The molecule has 1 unspecified atom stereocenters. The van der Waals surface area contributed by atoms with Gasteiger partial charge in [-0.25, -0.2) is 0 Å². The van der Waals surface area contributed by atoms with E-state index >= 15 is 0 Å². The molecule has 0 aromatic heterocycles. The lowest BCUT2D eigenvalue weighted by Gasteiger charge is -2.39. The molecule has 16 heavy (non-hydrogen) atoms. The third-order valence-electron chi connectivity index (χ3n) is 3.95. The fourth-order valence-corrected chi connectivity index (χ4v) is 3.18. The van der Waals surface area contributed by atoms with Gasteiger partial charge in [0, 0.05) is 18.1 Å². The maximum Gasteiger partial charge on any atom is 0.00991 e. The van der Waals surface area contributed by atoms with Crippen molar-refractivity contribution in [2.75, 3.05) is 6.54 Å². The summed E-state index contributed by atoms with van der Waals surface area (Å²) in [5, 5.41) is 0. The van der Waals surface area contributed by atoms with Crippen LogP contribution >= 0.6 is 0 Å². The average molecular weight is 226 g/mol. The predicted octanol–water partition coefficient (Wildman–Crippen LogP) is 3.01. The summed E-state index contributed by atoms with van der Waals surface area (Å²) in [6.07, 6.45) is 6.36. The van der Waals surface area contributed by atoms with E-state index in [1.165, 1.54) is 38.6 Å². The molecule has 1 rings (SSSR count). The molecule has 0 aromatic carbocycles. The van der Waals surface area contributed by atoms with Crippen molar-refractivity contribution in [3.05, 3.63) is 0 Å². The molecule has 0 aromatic rings. The quantitative estimate of drug-likeness (QED) is 0.781. The van der Waals surface area contributed by atoms with Crippen molar-refractivity contribution >= 4 is 0 Å². The maximum atomic E-state index is 5.98.